The van der Waals surface area contributed by atoms with Gasteiger partial charge in [0.2, 0.25) is 12.8 Å². The third kappa shape index (κ3) is 52.4. The normalized spacial score (nSPS) is 12.9. The molecule has 8 heteroatoms. The van der Waals surface area contributed by atoms with Crippen molar-refractivity contribution >= 4 is 25.4 Å². The molecule has 0 aliphatic carbocycles. The number of aliphatic hydroxyl groups is 1. The standard InChI is InChI=1S/C11H23NO2S.C5H11NO.C5H11N.C5H12O.C2H6.CH4/c1-10(2,5-7-12-9-13)14-8-6-11(3,4)15;1-2-3-4-6-5-7;1-6-4-2-3-5-6;1-5(2,3)4-6;1-2;/h9,15H,5-8H2,1-4H3,(H,12,13);5H,2-4H2,1H3,(H,6,7);2-5H2,1H3;6H,4H2,1-3H3;1-2H3;1H4. The number of nitrogens with zero attached hydrogens (tertiary/aromatic N) is 1. The first kappa shape index (κ1) is 46.0. The number of amides is 2. The lowest BCUT2D eigenvalue weighted by Gasteiger charge is -2.27. The Labute approximate surface area is 237 Å². The van der Waals surface area contributed by atoms with Crippen molar-refractivity contribution in [1.29, 1.82) is 0 Å². The number of carbonyl (C=O) groups is 2. The SMILES string of the molecule is C.CC.CC(C)(C)CO.CC(C)(S)CCOC(C)(C)CCNC=O.CCCCNC=O.CN1CCCC1. The molecule has 0 atom stereocenters. The van der Waals surface area contributed by atoms with E-state index >= 15 is 0 Å². The molecule has 228 valence electrons. The molecule has 37 heavy (non-hydrogen) atoms. The van der Waals surface area contributed by atoms with Crippen LogP contribution in [-0.2, 0) is 14.3 Å². The number of carbonyl (C=O) groups excluding carboxylic acids is 2. The molecule has 0 saturated carbocycles. The van der Waals surface area contributed by atoms with Gasteiger partial charge in [0.15, 0.2) is 0 Å². The van der Waals surface area contributed by atoms with Gasteiger partial charge in [0.1, 0.15) is 0 Å². The number of rotatable bonds is 12. The largest absolute Gasteiger partial charge is 0.396 e. The first-order chi connectivity index (χ1) is 16.6. The topological polar surface area (TPSA) is 90.9 Å². The molecule has 1 saturated heterocycles. The van der Waals surface area contributed by atoms with Crippen molar-refractivity contribution in [2.75, 3.05) is 46.4 Å². The average molecular weight is 554 g/mol. The van der Waals surface area contributed by atoms with E-state index in [4.69, 9.17) is 9.84 Å². The highest BCUT2D eigenvalue weighted by Gasteiger charge is 2.19. The van der Waals surface area contributed by atoms with Gasteiger partial charge in [-0.15, -0.1) is 0 Å². The van der Waals surface area contributed by atoms with E-state index in [1.807, 2.05) is 48.5 Å². The van der Waals surface area contributed by atoms with E-state index in [-0.39, 0.29) is 29.8 Å². The minimum Gasteiger partial charge on any atom is -0.396 e. The van der Waals surface area contributed by atoms with E-state index in [9.17, 15) is 9.59 Å². The minimum absolute atomic E-state index is 0. The summed E-state index contributed by atoms with van der Waals surface area (Å²) in [6.07, 6.45) is 8.23. The van der Waals surface area contributed by atoms with Gasteiger partial charge in [-0.1, -0.05) is 69.2 Å². The molecule has 1 rings (SSSR count). The number of hydrogen-bond acceptors (Lipinski definition) is 6. The molecular weight excluding hydrogens is 486 g/mol. The predicted octanol–water partition coefficient (Wildman–Crippen LogP) is 5.95. The van der Waals surface area contributed by atoms with Gasteiger partial charge < -0.3 is 25.4 Å². The van der Waals surface area contributed by atoms with Crippen molar-refractivity contribution < 1.29 is 19.4 Å². The Bertz CT molecular complexity index is 459. The first-order valence-corrected chi connectivity index (χ1v) is 14.1. The van der Waals surface area contributed by atoms with Crippen LogP contribution in [0.25, 0.3) is 0 Å². The quantitative estimate of drug-likeness (QED) is 0.136. The van der Waals surface area contributed by atoms with Crippen molar-refractivity contribution in [3.05, 3.63) is 0 Å². The molecule has 1 fully saturated rings. The van der Waals surface area contributed by atoms with Crippen LogP contribution < -0.4 is 10.6 Å². The van der Waals surface area contributed by atoms with Crippen LogP contribution in [0.4, 0.5) is 0 Å². The number of likely N-dealkylation sites (tertiary alicyclic amines) is 1. The molecule has 2 amide bonds. The Morgan fingerprint density at radius 2 is 1.35 bits per heavy atom. The second-order valence-electron chi connectivity index (χ2n) is 11.1. The van der Waals surface area contributed by atoms with Gasteiger partial charge in [-0.05, 0) is 71.5 Å². The van der Waals surface area contributed by atoms with Gasteiger partial charge in [0.25, 0.3) is 0 Å². The van der Waals surface area contributed by atoms with Crippen molar-refractivity contribution in [3.63, 3.8) is 0 Å². The molecule has 1 aliphatic rings. The zero-order valence-electron chi connectivity index (χ0n) is 25.7. The van der Waals surface area contributed by atoms with Crippen LogP contribution >= 0.6 is 12.6 Å². The zero-order chi connectivity index (χ0) is 29.1. The van der Waals surface area contributed by atoms with Crippen LogP contribution in [0.5, 0.6) is 0 Å². The number of hydrogen-bond donors (Lipinski definition) is 4. The molecule has 1 aliphatic heterocycles. The van der Waals surface area contributed by atoms with Crippen molar-refractivity contribution in [2.45, 2.75) is 126 Å². The molecule has 3 N–H and O–H groups in total. The monoisotopic (exact) mass is 553 g/mol. The fraction of sp³-hybridized carbons (Fsp3) is 0.931. The maximum absolute atomic E-state index is 10.1. The van der Waals surface area contributed by atoms with E-state index in [0.29, 0.717) is 19.6 Å². The van der Waals surface area contributed by atoms with Crippen molar-refractivity contribution in [1.82, 2.24) is 15.5 Å². The Morgan fingerprint density at radius 3 is 1.65 bits per heavy atom. The molecule has 0 radical (unpaired) electrons. The Hall–Kier alpha value is -0.830. The summed E-state index contributed by atoms with van der Waals surface area (Å²) < 4.78 is 5.76. The summed E-state index contributed by atoms with van der Waals surface area (Å²) >= 11 is 4.43. The maximum Gasteiger partial charge on any atom is 0.207 e. The summed E-state index contributed by atoms with van der Waals surface area (Å²) in [4.78, 5) is 22.0. The minimum atomic E-state index is -0.185. The summed E-state index contributed by atoms with van der Waals surface area (Å²) in [5, 5.41) is 13.6. The number of thiol groups is 1. The van der Waals surface area contributed by atoms with E-state index in [1.165, 1.54) is 25.9 Å². The van der Waals surface area contributed by atoms with E-state index in [0.717, 1.165) is 38.6 Å². The lowest BCUT2D eigenvalue weighted by molar-refractivity contribution is -0.110. The highest BCUT2D eigenvalue weighted by atomic mass is 32.1. The summed E-state index contributed by atoms with van der Waals surface area (Å²) in [6, 6.07) is 0. The van der Waals surface area contributed by atoms with Crippen LogP contribution in [0, 0.1) is 5.41 Å². The molecule has 0 aromatic carbocycles. The van der Waals surface area contributed by atoms with Crippen LogP contribution in [-0.4, -0.2) is 79.6 Å². The van der Waals surface area contributed by atoms with Gasteiger partial charge >= 0.3 is 0 Å². The summed E-state index contributed by atoms with van der Waals surface area (Å²) in [6.45, 7) is 25.4. The fourth-order valence-corrected chi connectivity index (χ4v) is 2.39. The molecule has 0 aromatic heterocycles. The molecule has 0 unspecified atom stereocenters. The molecule has 0 bridgehead atoms. The van der Waals surface area contributed by atoms with Crippen LogP contribution in [0.3, 0.4) is 0 Å². The van der Waals surface area contributed by atoms with E-state index in [2.05, 4.69) is 56.0 Å². The van der Waals surface area contributed by atoms with Gasteiger partial charge in [-0.3, -0.25) is 9.59 Å². The number of nitrogens with one attached hydrogen (secondary N) is 2. The Morgan fingerprint density at radius 1 is 0.919 bits per heavy atom. The molecule has 1 heterocycles. The zero-order valence-corrected chi connectivity index (χ0v) is 26.6. The second kappa shape index (κ2) is 29.7. The smallest absolute Gasteiger partial charge is 0.207 e. The second-order valence-corrected chi connectivity index (χ2v) is 12.4. The van der Waals surface area contributed by atoms with Crippen LogP contribution in [0.2, 0.25) is 0 Å². The Balaban J connectivity index is -0.000000130. The molecule has 0 aromatic rings. The van der Waals surface area contributed by atoms with Crippen molar-refractivity contribution in [2.24, 2.45) is 5.41 Å². The van der Waals surface area contributed by atoms with Gasteiger partial charge in [-0.25, -0.2) is 0 Å². The van der Waals surface area contributed by atoms with Gasteiger partial charge in [0.05, 0.1) is 5.60 Å². The lowest BCUT2D eigenvalue weighted by atomic mass is 9.99. The summed E-state index contributed by atoms with van der Waals surface area (Å²) in [7, 11) is 2.17. The van der Waals surface area contributed by atoms with Gasteiger partial charge in [-0.2, -0.15) is 12.6 Å². The number of ether oxygens (including phenoxy) is 1. The fourth-order valence-electron chi connectivity index (χ4n) is 2.29. The summed E-state index contributed by atoms with van der Waals surface area (Å²) in [5.41, 5.74) is -0.0883. The highest BCUT2D eigenvalue weighted by molar-refractivity contribution is 7.81. The average Bonchev–Trinajstić information content (AvgIpc) is 3.26. The molecular formula is C29H67N3O4S. The molecule has 7 nitrogen and oxygen atoms in total. The van der Waals surface area contributed by atoms with Crippen LogP contribution in [0.1, 0.15) is 115 Å². The first-order valence-electron chi connectivity index (χ1n) is 13.6. The third-order valence-electron chi connectivity index (χ3n) is 4.72. The number of unbranched alkanes of at least 4 members (excludes halogenated alkanes) is 1. The third-order valence-corrected chi connectivity index (χ3v) is 4.95. The lowest BCUT2D eigenvalue weighted by Crippen LogP contribution is -2.31. The maximum atomic E-state index is 10.1. The van der Waals surface area contributed by atoms with Crippen molar-refractivity contribution in [3.8, 4) is 0 Å². The highest BCUT2D eigenvalue weighted by Crippen LogP contribution is 2.20. The number of aliphatic hydroxyl groups excluding tert-OH is 1. The summed E-state index contributed by atoms with van der Waals surface area (Å²) in [5.74, 6) is 0. The van der Waals surface area contributed by atoms with Crippen LogP contribution in [0.15, 0.2) is 0 Å². The Kier molecular flexibility index (Phi) is 37.0. The van der Waals surface area contributed by atoms with Gasteiger partial charge in [0, 0.05) is 31.1 Å². The van der Waals surface area contributed by atoms with E-state index < -0.39 is 0 Å². The predicted molar refractivity (Wildman–Crippen MR) is 167 cm³/mol. The molecule has 0 spiro atoms. The van der Waals surface area contributed by atoms with E-state index in [1.54, 1.807) is 0 Å².